The van der Waals surface area contributed by atoms with E-state index in [1.165, 1.54) is 18.2 Å². The molecular formula is C8H10FO. The number of hydrogen-bond donors (Lipinski definition) is 0. The molecule has 0 heterocycles. The van der Waals surface area contributed by atoms with Gasteiger partial charge in [-0.25, -0.2) is 4.39 Å². The molecular weight excluding hydrogens is 131 g/mol. The molecule has 1 radical (unpaired) electrons. The van der Waals surface area contributed by atoms with Crippen LogP contribution in [0.1, 0.15) is 13.8 Å². The zero-order valence-corrected chi connectivity index (χ0v) is 6.10. The first kappa shape index (κ1) is 8.95. The maximum absolute atomic E-state index is 12.0. The summed E-state index contributed by atoms with van der Waals surface area (Å²) < 4.78 is 12.0. The van der Waals surface area contributed by atoms with E-state index in [9.17, 15) is 9.50 Å². The molecule has 0 aliphatic carbocycles. The fraction of sp³-hybridized carbons (Fsp3) is 0.250. The van der Waals surface area contributed by atoms with E-state index in [2.05, 4.69) is 0 Å². The Hall–Kier alpha value is -1.05. The van der Waals surface area contributed by atoms with Crippen LogP contribution in [0.2, 0.25) is 0 Å². The van der Waals surface area contributed by atoms with E-state index in [4.69, 9.17) is 0 Å². The molecule has 1 aromatic carbocycles. The van der Waals surface area contributed by atoms with Crippen molar-refractivity contribution in [2.75, 3.05) is 0 Å². The predicted octanol–water partition coefficient (Wildman–Crippen LogP) is 3.00. The molecule has 2 heteroatoms. The van der Waals surface area contributed by atoms with Crippen molar-refractivity contribution in [3.05, 3.63) is 30.1 Å². The smallest absolute Gasteiger partial charge is 0.214 e. The highest BCUT2D eigenvalue weighted by Gasteiger charge is 1.95. The first-order valence-corrected chi connectivity index (χ1v) is 3.22. The lowest BCUT2D eigenvalue weighted by Crippen LogP contribution is -1.68. The second-order valence-electron chi connectivity index (χ2n) is 1.43. The van der Waals surface area contributed by atoms with Crippen molar-refractivity contribution in [3.63, 3.8) is 0 Å². The minimum Gasteiger partial charge on any atom is -0.287 e. The van der Waals surface area contributed by atoms with E-state index in [-0.39, 0.29) is 0 Å². The van der Waals surface area contributed by atoms with Gasteiger partial charge in [-0.3, -0.25) is 5.11 Å². The summed E-state index contributed by atoms with van der Waals surface area (Å²) in [6, 6.07) is 5.32. The van der Waals surface area contributed by atoms with Crippen LogP contribution >= 0.6 is 0 Å². The highest BCUT2D eigenvalue weighted by atomic mass is 19.1. The van der Waals surface area contributed by atoms with Crippen LogP contribution in [0.15, 0.2) is 24.3 Å². The fourth-order valence-electron chi connectivity index (χ4n) is 0.445. The lowest BCUT2D eigenvalue weighted by atomic mass is 10.3. The van der Waals surface area contributed by atoms with Crippen LogP contribution in [0.5, 0.6) is 5.75 Å². The number of rotatable bonds is 0. The Balaban J connectivity index is 0.000000371. The number of halogens is 1. The van der Waals surface area contributed by atoms with Crippen molar-refractivity contribution in [2.45, 2.75) is 13.8 Å². The van der Waals surface area contributed by atoms with E-state index < -0.39 is 11.6 Å². The summed E-state index contributed by atoms with van der Waals surface area (Å²) in [5.41, 5.74) is 0. The van der Waals surface area contributed by atoms with Gasteiger partial charge in [0, 0.05) is 0 Å². The minimum atomic E-state index is -0.687. The quantitative estimate of drug-likeness (QED) is 0.529. The summed E-state index contributed by atoms with van der Waals surface area (Å²) in [5, 5.41) is 10.2. The van der Waals surface area contributed by atoms with Gasteiger partial charge in [0.25, 0.3) is 0 Å². The highest BCUT2D eigenvalue weighted by molar-refractivity contribution is 5.21. The summed E-state index contributed by atoms with van der Waals surface area (Å²) >= 11 is 0. The molecule has 0 aliphatic rings. The topological polar surface area (TPSA) is 19.9 Å². The molecule has 0 bridgehead atoms. The van der Waals surface area contributed by atoms with Gasteiger partial charge in [0.1, 0.15) is 0 Å². The van der Waals surface area contributed by atoms with Gasteiger partial charge in [0.15, 0.2) is 5.82 Å². The summed E-state index contributed by atoms with van der Waals surface area (Å²) in [7, 11) is 0. The fourth-order valence-corrected chi connectivity index (χ4v) is 0.445. The molecule has 0 aromatic heterocycles. The Morgan fingerprint density at radius 1 is 1.20 bits per heavy atom. The first-order valence-electron chi connectivity index (χ1n) is 3.22. The van der Waals surface area contributed by atoms with Gasteiger partial charge >= 0.3 is 0 Å². The molecule has 1 aromatic rings. The Morgan fingerprint density at radius 2 is 1.70 bits per heavy atom. The SMILES string of the molecule is CC.[O]c1ccccc1F. The van der Waals surface area contributed by atoms with Gasteiger partial charge in [-0.2, -0.15) is 0 Å². The van der Waals surface area contributed by atoms with E-state index in [0.717, 1.165) is 6.07 Å². The lowest BCUT2D eigenvalue weighted by molar-refractivity contribution is 0.330. The van der Waals surface area contributed by atoms with Crippen LogP contribution in [0.25, 0.3) is 0 Å². The second kappa shape index (κ2) is 4.79. The third-order valence-corrected chi connectivity index (χ3v) is 0.837. The van der Waals surface area contributed by atoms with Gasteiger partial charge in [0.2, 0.25) is 5.75 Å². The van der Waals surface area contributed by atoms with E-state index in [1.807, 2.05) is 13.8 Å². The number of benzene rings is 1. The largest absolute Gasteiger partial charge is 0.287 e. The Bertz CT molecular complexity index is 165. The van der Waals surface area contributed by atoms with E-state index >= 15 is 0 Å². The van der Waals surface area contributed by atoms with Crippen LogP contribution in [0.3, 0.4) is 0 Å². The summed E-state index contributed by atoms with van der Waals surface area (Å²) in [6.07, 6.45) is 0. The van der Waals surface area contributed by atoms with Gasteiger partial charge in [-0.05, 0) is 12.1 Å². The molecule has 0 amide bonds. The van der Waals surface area contributed by atoms with E-state index in [0.29, 0.717) is 0 Å². The zero-order valence-electron chi connectivity index (χ0n) is 6.10. The van der Waals surface area contributed by atoms with Gasteiger partial charge in [0.05, 0.1) is 0 Å². The first-order chi connectivity index (χ1) is 4.80. The maximum Gasteiger partial charge on any atom is 0.214 e. The monoisotopic (exact) mass is 141 g/mol. The van der Waals surface area contributed by atoms with Crippen LogP contribution < -0.4 is 0 Å². The second-order valence-corrected chi connectivity index (χ2v) is 1.43. The van der Waals surface area contributed by atoms with Crippen molar-refractivity contribution >= 4 is 0 Å². The van der Waals surface area contributed by atoms with E-state index in [1.54, 1.807) is 0 Å². The van der Waals surface area contributed by atoms with Crippen LogP contribution in [0.4, 0.5) is 4.39 Å². The van der Waals surface area contributed by atoms with Crippen LogP contribution in [0, 0.1) is 5.82 Å². The zero-order chi connectivity index (χ0) is 7.98. The van der Waals surface area contributed by atoms with Gasteiger partial charge in [-0.1, -0.05) is 26.0 Å². The summed E-state index contributed by atoms with van der Waals surface area (Å²) in [6.45, 7) is 4.00. The Labute approximate surface area is 60.1 Å². The molecule has 0 fully saturated rings. The predicted molar refractivity (Wildman–Crippen MR) is 37.9 cm³/mol. The van der Waals surface area contributed by atoms with Gasteiger partial charge in [-0.15, -0.1) is 0 Å². The molecule has 0 saturated carbocycles. The molecule has 0 unspecified atom stereocenters. The highest BCUT2D eigenvalue weighted by Crippen LogP contribution is 2.12. The Kier molecular flexibility index (Phi) is 4.29. The third-order valence-electron chi connectivity index (χ3n) is 0.837. The van der Waals surface area contributed by atoms with Crippen molar-refractivity contribution in [3.8, 4) is 5.75 Å². The molecule has 1 nitrogen and oxygen atoms in total. The maximum atomic E-state index is 12.0. The molecule has 0 saturated heterocycles. The molecule has 0 spiro atoms. The molecule has 1 rings (SSSR count). The number of hydrogen-bond acceptors (Lipinski definition) is 0. The summed E-state index contributed by atoms with van der Waals surface area (Å²) in [5.74, 6) is -1.24. The molecule has 10 heavy (non-hydrogen) atoms. The standard InChI is InChI=1S/C6H4FO.C2H6/c7-5-3-1-2-4-6(5)8;1-2/h1-4H;1-2H3. The van der Waals surface area contributed by atoms with Crippen molar-refractivity contribution < 1.29 is 9.50 Å². The molecule has 0 N–H and O–H groups in total. The normalized spacial score (nSPS) is 7.90. The van der Waals surface area contributed by atoms with Crippen molar-refractivity contribution in [1.29, 1.82) is 0 Å². The summed E-state index contributed by atoms with van der Waals surface area (Å²) in [4.78, 5) is 0. The van der Waals surface area contributed by atoms with Crippen LogP contribution in [-0.4, -0.2) is 0 Å². The van der Waals surface area contributed by atoms with Crippen molar-refractivity contribution in [1.82, 2.24) is 0 Å². The van der Waals surface area contributed by atoms with Gasteiger partial charge < -0.3 is 0 Å². The van der Waals surface area contributed by atoms with Crippen LogP contribution in [-0.2, 0) is 5.11 Å². The lowest BCUT2D eigenvalue weighted by Gasteiger charge is -1.84. The third kappa shape index (κ3) is 2.49. The average molecular weight is 141 g/mol. The minimum absolute atomic E-state index is 0.549. The Morgan fingerprint density at radius 3 is 2.00 bits per heavy atom. The van der Waals surface area contributed by atoms with Crippen molar-refractivity contribution in [2.24, 2.45) is 0 Å². The molecule has 55 valence electrons. The average Bonchev–Trinajstić information content (AvgIpc) is 2.00. The number of para-hydroxylation sites is 1. The molecule has 0 atom stereocenters. The molecule has 0 aliphatic heterocycles.